The van der Waals surface area contributed by atoms with Gasteiger partial charge in [-0.25, -0.2) is 0 Å². The Labute approximate surface area is 98.8 Å². The summed E-state index contributed by atoms with van der Waals surface area (Å²) in [7, 11) is 0. The molecule has 0 radical (unpaired) electrons. The number of hydrogen-bond acceptors (Lipinski definition) is 5. The third-order valence-electron chi connectivity index (χ3n) is 0. The molecule has 4 N–H and O–H groups in total. The van der Waals surface area contributed by atoms with Crippen LogP contribution in [0.5, 0.6) is 0 Å². The molecule has 0 aliphatic rings. The van der Waals surface area contributed by atoms with Crippen molar-refractivity contribution in [3.8, 4) is 0 Å². The summed E-state index contributed by atoms with van der Waals surface area (Å²) in [5.74, 6) is 0.500. The Hall–Kier alpha value is -1.07. The zero-order valence-corrected chi connectivity index (χ0v) is 11.6. The summed E-state index contributed by atoms with van der Waals surface area (Å²) < 4.78 is 0. The molecule has 5 nitrogen and oxygen atoms in total. The van der Waals surface area contributed by atoms with Crippen molar-refractivity contribution >= 4 is 17.3 Å². The van der Waals surface area contributed by atoms with Gasteiger partial charge in [-0.05, 0) is 48.5 Å². The molecule has 0 atom stereocenters. The quantitative estimate of drug-likeness (QED) is 0.669. The highest BCUT2D eigenvalue weighted by Gasteiger charge is 1.63. The highest BCUT2D eigenvalue weighted by atomic mass is 16.2. The van der Waals surface area contributed by atoms with Gasteiger partial charge in [0.05, 0.1) is 0 Å². The van der Waals surface area contributed by atoms with Crippen LogP contribution in [0.4, 0.5) is 0 Å². The van der Waals surface area contributed by atoms with Crippen molar-refractivity contribution in [3.05, 3.63) is 0 Å². The number of Topliss-reactive ketones (excluding diaryl/α,β-unsaturated/α-hetero) is 3. The molecule has 100 valence electrons. The number of aliphatic hydroxyl groups is 1. The van der Waals surface area contributed by atoms with Gasteiger partial charge in [-0.3, -0.25) is 0 Å². The summed E-state index contributed by atoms with van der Waals surface area (Å²) >= 11 is 0. The van der Waals surface area contributed by atoms with Gasteiger partial charge in [0.2, 0.25) is 0 Å². The lowest BCUT2D eigenvalue weighted by molar-refractivity contribution is -0.115. The van der Waals surface area contributed by atoms with Crippen LogP contribution in [0.3, 0.4) is 0 Å². The van der Waals surface area contributed by atoms with Gasteiger partial charge < -0.3 is 25.6 Å². The Morgan fingerprint density at radius 3 is 0.750 bits per heavy atom. The molecule has 0 rings (SSSR count). The Bertz CT molecular complexity index is 127. The topological polar surface area (TPSA) is 106 Å². The van der Waals surface area contributed by atoms with Gasteiger partial charge >= 0.3 is 0 Å². The van der Waals surface area contributed by atoms with Crippen LogP contribution in [0.25, 0.3) is 0 Å². The molecule has 16 heavy (non-hydrogen) atoms. The number of rotatable bonds is 0. The molecule has 0 aliphatic carbocycles. The van der Waals surface area contributed by atoms with E-state index in [1.807, 2.05) is 0 Å². The monoisotopic (exact) mass is 237 g/mol. The van der Waals surface area contributed by atoms with E-state index in [1.165, 1.54) is 41.5 Å². The summed E-state index contributed by atoms with van der Waals surface area (Å²) in [4.78, 5) is 28.3. The number of aliphatic hydroxyl groups excluding tert-OH is 1. The van der Waals surface area contributed by atoms with Crippen LogP contribution in [0.1, 0.15) is 48.5 Å². The minimum absolute atomic E-state index is 0. The standard InChI is InChI=1S/3C3H6O.C2H6O.H3N/c3*1-3(2)4;1-2-3;/h3*1-2H3;3H,2H2,1H3;1H3. The van der Waals surface area contributed by atoms with E-state index in [9.17, 15) is 14.4 Å². The van der Waals surface area contributed by atoms with Crippen LogP contribution in [0.15, 0.2) is 0 Å². The van der Waals surface area contributed by atoms with E-state index in [2.05, 4.69) is 0 Å². The molecule has 0 bridgehead atoms. The van der Waals surface area contributed by atoms with E-state index in [4.69, 9.17) is 5.11 Å². The van der Waals surface area contributed by atoms with Gasteiger partial charge in [0.1, 0.15) is 17.3 Å². The van der Waals surface area contributed by atoms with E-state index in [-0.39, 0.29) is 30.1 Å². The van der Waals surface area contributed by atoms with Crippen LogP contribution >= 0.6 is 0 Å². The smallest absolute Gasteiger partial charge is 0.126 e. The average molecular weight is 237 g/mol. The maximum atomic E-state index is 9.44. The molecule has 0 aliphatic heterocycles. The van der Waals surface area contributed by atoms with Crippen molar-refractivity contribution in [1.29, 1.82) is 0 Å². The number of carbonyl (C=O) groups excluding carboxylic acids is 3. The summed E-state index contributed by atoms with van der Waals surface area (Å²) in [6.07, 6.45) is 0. The summed E-state index contributed by atoms with van der Waals surface area (Å²) in [5.41, 5.74) is 0. The number of hydrogen-bond donors (Lipinski definition) is 2. The Morgan fingerprint density at radius 2 is 0.750 bits per heavy atom. The minimum Gasteiger partial charge on any atom is -0.397 e. The molecular weight excluding hydrogens is 210 g/mol. The summed E-state index contributed by atoms with van der Waals surface area (Å²) in [5, 5.41) is 7.57. The SMILES string of the molecule is CC(C)=O.CC(C)=O.CC(C)=O.CCO.N. The normalized spacial score (nSPS) is 6.00. The highest BCUT2D eigenvalue weighted by molar-refractivity contribution is 5.72. The van der Waals surface area contributed by atoms with Crippen molar-refractivity contribution in [2.24, 2.45) is 0 Å². The van der Waals surface area contributed by atoms with E-state index in [1.54, 1.807) is 6.92 Å². The summed E-state index contributed by atoms with van der Waals surface area (Å²) in [6, 6.07) is 0. The molecule has 0 aromatic rings. The van der Waals surface area contributed by atoms with Crippen LogP contribution in [-0.4, -0.2) is 29.1 Å². The van der Waals surface area contributed by atoms with E-state index >= 15 is 0 Å². The zero-order valence-electron chi connectivity index (χ0n) is 11.6. The molecule has 0 spiro atoms. The van der Waals surface area contributed by atoms with E-state index in [0.717, 1.165) is 0 Å². The highest BCUT2D eigenvalue weighted by Crippen LogP contribution is 1.51. The van der Waals surface area contributed by atoms with Gasteiger partial charge in [0, 0.05) is 6.61 Å². The van der Waals surface area contributed by atoms with Crippen molar-refractivity contribution in [2.45, 2.75) is 48.5 Å². The maximum absolute atomic E-state index is 9.44. The molecule has 0 aromatic carbocycles. The van der Waals surface area contributed by atoms with Crippen LogP contribution in [0, 0.1) is 0 Å². The van der Waals surface area contributed by atoms with Gasteiger partial charge in [-0.2, -0.15) is 0 Å². The van der Waals surface area contributed by atoms with Crippen molar-refractivity contribution in [1.82, 2.24) is 6.15 Å². The van der Waals surface area contributed by atoms with E-state index in [0.29, 0.717) is 0 Å². The fraction of sp³-hybridized carbons (Fsp3) is 0.727. The first-order chi connectivity index (χ1) is 6.61. The molecule has 0 amide bonds. The second kappa shape index (κ2) is 29.2. The molecular formula is C11H27NO4. The van der Waals surface area contributed by atoms with Gasteiger partial charge in [0.15, 0.2) is 0 Å². The first-order valence-corrected chi connectivity index (χ1v) is 4.64. The lowest BCUT2D eigenvalue weighted by atomic mass is 10.6. The maximum Gasteiger partial charge on any atom is 0.126 e. The first kappa shape index (κ1) is 29.4. The van der Waals surface area contributed by atoms with Gasteiger partial charge in [0.25, 0.3) is 0 Å². The Balaban J connectivity index is -0.0000000331. The summed E-state index contributed by atoms with van der Waals surface area (Å²) in [6.45, 7) is 11.1. The largest absolute Gasteiger partial charge is 0.397 e. The second-order valence-corrected chi connectivity index (χ2v) is 3.04. The first-order valence-electron chi connectivity index (χ1n) is 4.64. The van der Waals surface area contributed by atoms with Gasteiger partial charge in [-0.1, -0.05) is 0 Å². The number of ketones is 3. The Morgan fingerprint density at radius 1 is 0.750 bits per heavy atom. The van der Waals surface area contributed by atoms with Crippen LogP contribution in [0.2, 0.25) is 0 Å². The fourth-order valence-electron chi connectivity index (χ4n) is 0. The molecule has 0 aromatic heterocycles. The minimum atomic E-state index is 0. The zero-order chi connectivity index (χ0) is 13.4. The third-order valence-corrected chi connectivity index (χ3v) is 0. The third kappa shape index (κ3) is 1610. The fourth-order valence-corrected chi connectivity index (χ4v) is 0. The lowest BCUT2D eigenvalue weighted by Gasteiger charge is -1.56. The van der Waals surface area contributed by atoms with Crippen LogP contribution in [-0.2, 0) is 14.4 Å². The molecule has 0 saturated carbocycles. The Kier molecular flexibility index (Phi) is 53.6. The van der Waals surface area contributed by atoms with E-state index < -0.39 is 0 Å². The molecule has 0 fully saturated rings. The van der Waals surface area contributed by atoms with Gasteiger partial charge in [-0.15, -0.1) is 0 Å². The van der Waals surface area contributed by atoms with Crippen molar-refractivity contribution < 1.29 is 19.5 Å². The van der Waals surface area contributed by atoms with Crippen LogP contribution < -0.4 is 6.15 Å². The molecule has 0 saturated heterocycles. The van der Waals surface area contributed by atoms with Crippen molar-refractivity contribution in [3.63, 3.8) is 0 Å². The number of carbonyl (C=O) groups is 3. The molecule has 0 heterocycles. The predicted octanol–water partition coefficient (Wildman–Crippen LogP) is 1.95. The lowest BCUT2D eigenvalue weighted by Crippen LogP contribution is -1.69. The van der Waals surface area contributed by atoms with Crippen molar-refractivity contribution in [2.75, 3.05) is 6.61 Å². The molecule has 5 heteroatoms. The average Bonchev–Trinajstić information content (AvgIpc) is 1.81. The second-order valence-electron chi connectivity index (χ2n) is 3.04. The predicted molar refractivity (Wildman–Crippen MR) is 66.8 cm³/mol. The molecule has 0 unspecified atom stereocenters.